The number of hydrogen-bond donors (Lipinski definition) is 3. The van der Waals surface area contributed by atoms with E-state index in [0.717, 1.165) is 13.0 Å². The van der Waals surface area contributed by atoms with Gasteiger partial charge in [-0.2, -0.15) is 0 Å². The van der Waals surface area contributed by atoms with Gasteiger partial charge in [0.1, 0.15) is 0 Å². The van der Waals surface area contributed by atoms with Gasteiger partial charge in [-0.25, -0.2) is 4.79 Å². The molecular weight excluding hydrogens is 246 g/mol. The molecule has 0 fully saturated rings. The summed E-state index contributed by atoms with van der Waals surface area (Å²) < 4.78 is 0. The molecule has 0 heterocycles. The molecule has 0 aliphatic carbocycles. The maximum absolute atomic E-state index is 11.5. The summed E-state index contributed by atoms with van der Waals surface area (Å²) in [5, 5.41) is 14.2. The van der Waals surface area contributed by atoms with Crippen molar-refractivity contribution in [2.45, 2.75) is 40.2 Å². The summed E-state index contributed by atoms with van der Waals surface area (Å²) in [6.07, 6.45) is 1.06. The van der Waals surface area contributed by atoms with E-state index in [1.165, 1.54) is 0 Å². The zero-order valence-corrected chi connectivity index (χ0v) is 12.6. The fourth-order valence-corrected chi connectivity index (χ4v) is 1.32. The number of rotatable bonds is 8. The first-order valence-corrected chi connectivity index (χ1v) is 6.66. The molecule has 0 radical (unpaired) electrons. The van der Waals surface area contributed by atoms with Crippen LogP contribution in [0.25, 0.3) is 0 Å². The van der Waals surface area contributed by atoms with Crippen LogP contribution in [0.1, 0.15) is 34.1 Å². The predicted molar refractivity (Wildman–Crippen MR) is 75.2 cm³/mol. The Morgan fingerprint density at radius 3 is 2.37 bits per heavy atom. The van der Waals surface area contributed by atoms with E-state index in [1.807, 2.05) is 7.05 Å². The van der Waals surface area contributed by atoms with E-state index in [1.54, 1.807) is 13.8 Å². The van der Waals surface area contributed by atoms with Crippen LogP contribution in [-0.4, -0.2) is 54.7 Å². The lowest BCUT2D eigenvalue weighted by Crippen LogP contribution is -2.45. The Kier molecular flexibility index (Phi) is 7.44. The standard InChI is InChI=1S/C13H27N3O3/c1-6-10(2)16(5)8-7-14-12(19)15-9-13(3,4)11(17)18/h10H,6-9H2,1-5H3,(H,17,18)(H2,14,15,19). The number of urea groups is 1. The van der Waals surface area contributed by atoms with Crippen LogP contribution in [-0.2, 0) is 4.79 Å². The van der Waals surface area contributed by atoms with Gasteiger partial charge in [0, 0.05) is 25.7 Å². The fourth-order valence-electron chi connectivity index (χ4n) is 1.32. The van der Waals surface area contributed by atoms with E-state index in [2.05, 4.69) is 29.4 Å². The number of carbonyl (C=O) groups is 2. The van der Waals surface area contributed by atoms with Crippen molar-refractivity contribution in [2.24, 2.45) is 5.41 Å². The van der Waals surface area contributed by atoms with Gasteiger partial charge < -0.3 is 20.6 Å². The lowest BCUT2D eigenvalue weighted by molar-refractivity contribution is -0.146. The number of carboxylic acids is 1. The summed E-state index contributed by atoms with van der Waals surface area (Å²) in [5.41, 5.74) is -0.954. The first kappa shape index (κ1) is 17.7. The molecule has 0 aliphatic heterocycles. The molecule has 0 bridgehead atoms. The molecule has 1 atom stereocenters. The summed E-state index contributed by atoms with van der Waals surface area (Å²) in [4.78, 5) is 24.5. The van der Waals surface area contributed by atoms with Crippen molar-refractivity contribution in [3.63, 3.8) is 0 Å². The molecule has 0 rings (SSSR count). The average Bonchev–Trinajstić information content (AvgIpc) is 2.35. The minimum atomic E-state index is -0.954. The molecule has 2 amide bonds. The van der Waals surface area contributed by atoms with E-state index >= 15 is 0 Å². The quantitative estimate of drug-likeness (QED) is 0.619. The first-order chi connectivity index (χ1) is 8.70. The van der Waals surface area contributed by atoms with Gasteiger partial charge in [0.25, 0.3) is 0 Å². The first-order valence-electron chi connectivity index (χ1n) is 6.66. The van der Waals surface area contributed by atoms with Gasteiger partial charge in [0.15, 0.2) is 0 Å². The zero-order valence-electron chi connectivity index (χ0n) is 12.6. The molecule has 0 spiro atoms. The van der Waals surface area contributed by atoms with Crippen LogP contribution in [0.3, 0.4) is 0 Å². The van der Waals surface area contributed by atoms with Crippen LogP contribution < -0.4 is 10.6 Å². The van der Waals surface area contributed by atoms with E-state index < -0.39 is 11.4 Å². The topological polar surface area (TPSA) is 81.7 Å². The van der Waals surface area contributed by atoms with Crippen LogP contribution >= 0.6 is 0 Å². The summed E-state index contributed by atoms with van der Waals surface area (Å²) >= 11 is 0. The number of aliphatic carboxylic acids is 1. The summed E-state index contributed by atoms with van der Waals surface area (Å²) in [6, 6.07) is 0.155. The molecule has 6 heteroatoms. The third kappa shape index (κ3) is 7.00. The maximum atomic E-state index is 11.5. The summed E-state index contributed by atoms with van der Waals surface area (Å²) in [7, 11) is 2.02. The van der Waals surface area contributed by atoms with Crippen LogP contribution in [0, 0.1) is 5.41 Å². The third-order valence-corrected chi connectivity index (χ3v) is 3.36. The number of carboxylic acid groups (broad SMARTS) is 1. The smallest absolute Gasteiger partial charge is 0.314 e. The largest absolute Gasteiger partial charge is 0.481 e. The molecule has 1 unspecified atom stereocenters. The van der Waals surface area contributed by atoms with Gasteiger partial charge >= 0.3 is 12.0 Å². The van der Waals surface area contributed by atoms with Gasteiger partial charge in [0.2, 0.25) is 0 Å². The second kappa shape index (κ2) is 7.99. The highest BCUT2D eigenvalue weighted by Crippen LogP contribution is 2.12. The highest BCUT2D eigenvalue weighted by Gasteiger charge is 2.27. The Hall–Kier alpha value is -1.30. The van der Waals surface area contributed by atoms with E-state index in [0.29, 0.717) is 12.6 Å². The number of carbonyl (C=O) groups excluding carboxylic acids is 1. The van der Waals surface area contributed by atoms with Crippen molar-refractivity contribution in [3.05, 3.63) is 0 Å². The Bertz CT molecular complexity index is 306. The maximum Gasteiger partial charge on any atom is 0.314 e. The number of nitrogens with one attached hydrogen (secondary N) is 2. The third-order valence-electron chi connectivity index (χ3n) is 3.36. The van der Waals surface area contributed by atoms with Crippen molar-refractivity contribution >= 4 is 12.0 Å². The van der Waals surface area contributed by atoms with E-state index in [9.17, 15) is 9.59 Å². The van der Waals surface area contributed by atoms with Gasteiger partial charge in [-0.05, 0) is 34.2 Å². The Labute approximate surface area is 115 Å². The Morgan fingerprint density at radius 1 is 1.32 bits per heavy atom. The van der Waals surface area contributed by atoms with Crippen molar-refractivity contribution in [1.82, 2.24) is 15.5 Å². The normalized spacial score (nSPS) is 13.2. The summed E-state index contributed by atoms with van der Waals surface area (Å²) in [5.74, 6) is -0.927. The molecule has 0 aromatic heterocycles. The second-order valence-electron chi connectivity index (χ2n) is 5.54. The highest BCUT2D eigenvalue weighted by atomic mass is 16.4. The van der Waals surface area contributed by atoms with E-state index in [4.69, 9.17) is 5.11 Å². The van der Waals surface area contributed by atoms with Crippen molar-refractivity contribution in [3.8, 4) is 0 Å². The van der Waals surface area contributed by atoms with Crippen LogP contribution in [0.2, 0.25) is 0 Å². The lowest BCUT2D eigenvalue weighted by atomic mass is 9.94. The Morgan fingerprint density at radius 2 is 1.89 bits per heavy atom. The van der Waals surface area contributed by atoms with Gasteiger partial charge in [-0.15, -0.1) is 0 Å². The highest BCUT2D eigenvalue weighted by molar-refractivity contribution is 5.77. The van der Waals surface area contributed by atoms with Crippen molar-refractivity contribution in [1.29, 1.82) is 0 Å². The van der Waals surface area contributed by atoms with Crippen LogP contribution in [0.5, 0.6) is 0 Å². The molecule has 19 heavy (non-hydrogen) atoms. The molecule has 112 valence electrons. The number of amides is 2. The molecule has 0 saturated carbocycles. The van der Waals surface area contributed by atoms with Crippen LogP contribution in [0.15, 0.2) is 0 Å². The zero-order chi connectivity index (χ0) is 15.1. The molecule has 0 saturated heterocycles. The number of nitrogens with zero attached hydrogens (tertiary/aromatic N) is 1. The average molecular weight is 273 g/mol. The number of likely N-dealkylation sites (N-methyl/N-ethyl adjacent to an activating group) is 1. The van der Waals surface area contributed by atoms with Gasteiger partial charge in [0.05, 0.1) is 5.41 Å². The molecule has 3 N–H and O–H groups in total. The molecular formula is C13H27N3O3. The SMILES string of the molecule is CCC(C)N(C)CCNC(=O)NCC(C)(C)C(=O)O. The summed E-state index contributed by atoms with van der Waals surface area (Å²) in [6.45, 7) is 8.82. The second-order valence-corrected chi connectivity index (χ2v) is 5.54. The monoisotopic (exact) mass is 273 g/mol. The predicted octanol–water partition coefficient (Wildman–Crippen LogP) is 1.13. The van der Waals surface area contributed by atoms with Gasteiger partial charge in [-0.3, -0.25) is 4.79 Å². The molecule has 6 nitrogen and oxygen atoms in total. The molecule has 0 aromatic carbocycles. The molecule has 0 aliphatic rings. The lowest BCUT2D eigenvalue weighted by Gasteiger charge is -2.24. The molecule has 0 aromatic rings. The van der Waals surface area contributed by atoms with Crippen molar-refractivity contribution in [2.75, 3.05) is 26.7 Å². The van der Waals surface area contributed by atoms with Crippen LogP contribution in [0.4, 0.5) is 4.79 Å². The fraction of sp³-hybridized carbons (Fsp3) is 0.846. The van der Waals surface area contributed by atoms with Crippen molar-refractivity contribution < 1.29 is 14.7 Å². The number of hydrogen-bond acceptors (Lipinski definition) is 3. The minimum Gasteiger partial charge on any atom is -0.481 e. The Balaban J connectivity index is 3.86. The minimum absolute atomic E-state index is 0.107. The van der Waals surface area contributed by atoms with Gasteiger partial charge in [-0.1, -0.05) is 6.92 Å². The van der Waals surface area contributed by atoms with E-state index in [-0.39, 0.29) is 12.6 Å².